The molecular formula is C11H13BrF3NO. The predicted octanol–water partition coefficient (Wildman–Crippen LogP) is 3.28. The lowest BCUT2D eigenvalue weighted by molar-refractivity contribution is -0.137. The molecule has 0 heterocycles. The van der Waals surface area contributed by atoms with Crippen LogP contribution in [0, 0.1) is 0 Å². The van der Waals surface area contributed by atoms with Crippen molar-refractivity contribution in [2.45, 2.75) is 19.2 Å². The lowest BCUT2D eigenvalue weighted by Gasteiger charge is -2.22. The van der Waals surface area contributed by atoms with Crippen LogP contribution in [0.2, 0.25) is 0 Å². The molecule has 0 aromatic heterocycles. The standard InChI is InChI=1S/C11H13BrF3NO/c1-7(17)6-16(2)10-4-3-8(5-9(10)12)11(13,14)15/h3-5,7,17H,6H2,1-2H3. The van der Waals surface area contributed by atoms with E-state index in [4.69, 9.17) is 0 Å². The highest BCUT2D eigenvalue weighted by Crippen LogP contribution is 2.34. The second-order valence-corrected chi connectivity index (χ2v) is 4.75. The van der Waals surface area contributed by atoms with E-state index in [0.717, 1.165) is 12.1 Å². The minimum absolute atomic E-state index is 0.351. The summed E-state index contributed by atoms with van der Waals surface area (Å²) in [5, 5.41) is 9.22. The Morgan fingerprint density at radius 3 is 2.41 bits per heavy atom. The molecule has 2 nitrogen and oxygen atoms in total. The molecule has 0 aliphatic rings. The van der Waals surface area contributed by atoms with Gasteiger partial charge in [0.15, 0.2) is 0 Å². The van der Waals surface area contributed by atoms with Crippen molar-refractivity contribution in [1.29, 1.82) is 0 Å². The van der Waals surface area contributed by atoms with Crippen molar-refractivity contribution >= 4 is 21.6 Å². The molecule has 0 amide bonds. The summed E-state index contributed by atoms with van der Waals surface area (Å²) in [5.74, 6) is 0. The van der Waals surface area contributed by atoms with Crippen molar-refractivity contribution in [2.75, 3.05) is 18.5 Å². The number of rotatable bonds is 3. The molecule has 1 N–H and O–H groups in total. The van der Waals surface area contributed by atoms with Crippen LogP contribution in [0.1, 0.15) is 12.5 Å². The molecule has 0 spiro atoms. The summed E-state index contributed by atoms with van der Waals surface area (Å²) in [5.41, 5.74) is -0.0857. The van der Waals surface area contributed by atoms with Crippen molar-refractivity contribution in [2.24, 2.45) is 0 Å². The van der Waals surface area contributed by atoms with Gasteiger partial charge in [0.1, 0.15) is 0 Å². The van der Waals surface area contributed by atoms with Crippen molar-refractivity contribution < 1.29 is 18.3 Å². The average molecular weight is 312 g/mol. The van der Waals surface area contributed by atoms with Crippen molar-refractivity contribution in [1.82, 2.24) is 0 Å². The maximum Gasteiger partial charge on any atom is 0.416 e. The van der Waals surface area contributed by atoms with E-state index in [-0.39, 0.29) is 0 Å². The number of hydrogen-bond donors (Lipinski definition) is 1. The van der Waals surface area contributed by atoms with Crippen molar-refractivity contribution in [3.05, 3.63) is 28.2 Å². The minimum Gasteiger partial charge on any atom is -0.392 e. The topological polar surface area (TPSA) is 23.5 Å². The lowest BCUT2D eigenvalue weighted by atomic mass is 10.2. The molecule has 1 aromatic carbocycles. The summed E-state index contributed by atoms with van der Waals surface area (Å²) >= 11 is 3.11. The van der Waals surface area contributed by atoms with Crippen LogP contribution in [0.25, 0.3) is 0 Å². The third-order valence-corrected chi connectivity index (χ3v) is 2.86. The smallest absolute Gasteiger partial charge is 0.392 e. The highest BCUT2D eigenvalue weighted by molar-refractivity contribution is 9.10. The van der Waals surface area contributed by atoms with Gasteiger partial charge in [-0.25, -0.2) is 0 Å². The Bertz CT molecular complexity index is 393. The highest BCUT2D eigenvalue weighted by Gasteiger charge is 2.31. The highest BCUT2D eigenvalue weighted by atomic mass is 79.9. The fourth-order valence-electron chi connectivity index (χ4n) is 1.49. The number of aliphatic hydroxyl groups excluding tert-OH is 1. The first kappa shape index (κ1) is 14.3. The van der Waals surface area contributed by atoms with Gasteiger partial charge in [-0.2, -0.15) is 13.2 Å². The molecule has 1 rings (SSSR count). The molecule has 0 saturated carbocycles. The van der Waals surface area contributed by atoms with E-state index >= 15 is 0 Å². The van der Waals surface area contributed by atoms with Crippen LogP contribution >= 0.6 is 15.9 Å². The SMILES string of the molecule is CC(O)CN(C)c1ccc(C(F)(F)F)cc1Br. The van der Waals surface area contributed by atoms with Crippen LogP contribution in [-0.2, 0) is 6.18 Å². The monoisotopic (exact) mass is 311 g/mol. The van der Waals surface area contributed by atoms with Gasteiger partial charge in [-0.3, -0.25) is 0 Å². The minimum atomic E-state index is -4.34. The molecule has 0 bridgehead atoms. The van der Waals surface area contributed by atoms with Gasteiger partial charge >= 0.3 is 6.18 Å². The Balaban J connectivity index is 2.98. The number of benzene rings is 1. The van der Waals surface area contributed by atoms with Gasteiger partial charge in [-0.15, -0.1) is 0 Å². The molecule has 0 aliphatic heterocycles. The van der Waals surface area contributed by atoms with Crippen LogP contribution in [0.5, 0.6) is 0 Å². The fourth-order valence-corrected chi connectivity index (χ4v) is 2.17. The third kappa shape index (κ3) is 3.89. The van der Waals surface area contributed by atoms with Gasteiger partial charge in [0.2, 0.25) is 0 Å². The molecular weight excluding hydrogens is 299 g/mol. The Hall–Kier alpha value is -0.750. The van der Waals surface area contributed by atoms with Crippen LogP contribution in [0.4, 0.5) is 18.9 Å². The maximum atomic E-state index is 12.4. The number of anilines is 1. The van der Waals surface area contributed by atoms with E-state index in [1.54, 1.807) is 18.9 Å². The first-order valence-corrected chi connectivity index (χ1v) is 5.77. The van der Waals surface area contributed by atoms with E-state index in [2.05, 4.69) is 15.9 Å². The average Bonchev–Trinajstić information content (AvgIpc) is 2.14. The molecule has 0 fully saturated rings. The summed E-state index contributed by atoms with van der Waals surface area (Å²) < 4.78 is 37.7. The van der Waals surface area contributed by atoms with Crippen LogP contribution in [0.15, 0.2) is 22.7 Å². The van der Waals surface area contributed by atoms with E-state index in [9.17, 15) is 18.3 Å². The first-order valence-electron chi connectivity index (χ1n) is 4.97. The lowest BCUT2D eigenvalue weighted by Crippen LogP contribution is -2.27. The number of alkyl halides is 3. The molecule has 1 atom stereocenters. The number of likely N-dealkylation sites (N-methyl/N-ethyl adjacent to an activating group) is 1. The zero-order valence-electron chi connectivity index (χ0n) is 9.42. The molecule has 0 saturated heterocycles. The summed E-state index contributed by atoms with van der Waals surface area (Å²) in [6, 6.07) is 3.45. The number of halogens is 4. The van der Waals surface area contributed by atoms with Gasteiger partial charge in [0, 0.05) is 18.1 Å². The van der Waals surface area contributed by atoms with Gasteiger partial charge in [0.25, 0.3) is 0 Å². The van der Waals surface area contributed by atoms with Gasteiger partial charge in [-0.05, 0) is 41.1 Å². The summed E-state index contributed by atoms with van der Waals surface area (Å²) in [6.45, 7) is 1.97. The van der Waals surface area contributed by atoms with E-state index in [1.165, 1.54) is 6.07 Å². The Morgan fingerprint density at radius 2 is 2.00 bits per heavy atom. The third-order valence-electron chi connectivity index (χ3n) is 2.22. The second-order valence-electron chi connectivity index (χ2n) is 3.89. The fraction of sp³-hybridized carbons (Fsp3) is 0.455. The zero-order chi connectivity index (χ0) is 13.2. The molecule has 17 heavy (non-hydrogen) atoms. The predicted molar refractivity (Wildman–Crippen MR) is 64.1 cm³/mol. The number of aliphatic hydroxyl groups is 1. The second kappa shape index (κ2) is 5.27. The molecule has 96 valence electrons. The van der Waals surface area contributed by atoms with Crippen molar-refractivity contribution in [3.8, 4) is 0 Å². The quantitative estimate of drug-likeness (QED) is 0.926. The largest absolute Gasteiger partial charge is 0.416 e. The van der Waals surface area contributed by atoms with Gasteiger partial charge in [0.05, 0.1) is 17.4 Å². The maximum absolute atomic E-state index is 12.4. The normalized spacial score (nSPS) is 13.6. The summed E-state index contributed by atoms with van der Waals surface area (Å²) in [4.78, 5) is 1.69. The van der Waals surface area contributed by atoms with Crippen LogP contribution in [0.3, 0.4) is 0 Å². The van der Waals surface area contributed by atoms with Crippen LogP contribution < -0.4 is 4.90 Å². The molecule has 1 aromatic rings. The Kier molecular flexibility index (Phi) is 4.43. The van der Waals surface area contributed by atoms with E-state index in [1.807, 2.05) is 0 Å². The molecule has 1 unspecified atom stereocenters. The van der Waals surface area contributed by atoms with E-state index < -0.39 is 17.8 Å². The van der Waals surface area contributed by atoms with Crippen LogP contribution in [-0.4, -0.2) is 24.8 Å². The zero-order valence-corrected chi connectivity index (χ0v) is 11.0. The Morgan fingerprint density at radius 1 is 1.41 bits per heavy atom. The molecule has 0 aliphatic carbocycles. The molecule has 0 radical (unpaired) electrons. The van der Waals surface area contributed by atoms with Gasteiger partial charge in [-0.1, -0.05) is 0 Å². The first-order chi connectivity index (χ1) is 7.71. The number of hydrogen-bond acceptors (Lipinski definition) is 2. The summed E-state index contributed by atoms with van der Waals surface area (Å²) in [7, 11) is 1.71. The van der Waals surface area contributed by atoms with E-state index in [0.29, 0.717) is 16.7 Å². The summed E-state index contributed by atoms with van der Waals surface area (Å²) in [6.07, 6.45) is -4.89. The molecule has 6 heteroatoms. The van der Waals surface area contributed by atoms with Crippen molar-refractivity contribution in [3.63, 3.8) is 0 Å². The number of nitrogens with zero attached hydrogens (tertiary/aromatic N) is 1. The Labute approximate surface area is 106 Å². The van der Waals surface area contributed by atoms with Gasteiger partial charge < -0.3 is 10.0 Å².